The van der Waals surface area contributed by atoms with Gasteiger partial charge in [-0.1, -0.05) is 25.3 Å². The van der Waals surface area contributed by atoms with Crippen LogP contribution in [0, 0.1) is 0 Å². The molecule has 0 aliphatic carbocycles. The van der Waals surface area contributed by atoms with Gasteiger partial charge in [-0.15, -0.1) is 5.10 Å². The van der Waals surface area contributed by atoms with E-state index < -0.39 is 0 Å². The Morgan fingerprint density at radius 3 is 2.71 bits per heavy atom. The van der Waals surface area contributed by atoms with E-state index in [0.717, 1.165) is 25.2 Å². The van der Waals surface area contributed by atoms with Gasteiger partial charge < -0.3 is 10.2 Å². The molecule has 1 aromatic rings. The van der Waals surface area contributed by atoms with Crippen molar-refractivity contribution >= 4 is 17.4 Å². The van der Waals surface area contributed by atoms with Crippen LogP contribution in [0.2, 0.25) is 0 Å². The van der Waals surface area contributed by atoms with Crippen molar-refractivity contribution in [2.45, 2.75) is 65.0 Å². The van der Waals surface area contributed by atoms with Crippen LogP contribution < -0.4 is 5.32 Å². The molecule has 0 spiro atoms. The van der Waals surface area contributed by atoms with Gasteiger partial charge in [0.25, 0.3) is 5.91 Å². The van der Waals surface area contributed by atoms with Crippen LogP contribution in [0.5, 0.6) is 0 Å². The second-order valence-electron chi connectivity index (χ2n) is 7.05. The van der Waals surface area contributed by atoms with Crippen molar-refractivity contribution in [3.8, 4) is 0 Å². The molecule has 0 saturated carbocycles. The third kappa shape index (κ3) is 3.80. The fourth-order valence-corrected chi connectivity index (χ4v) is 3.46. The summed E-state index contributed by atoms with van der Waals surface area (Å²) >= 11 is 1.22. The fourth-order valence-electron chi connectivity index (χ4n) is 2.63. The van der Waals surface area contributed by atoms with Crippen molar-refractivity contribution in [1.29, 1.82) is 0 Å². The van der Waals surface area contributed by atoms with Crippen LogP contribution in [-0.4, -0.2) is 45.6 Å². The second-order valence-corrected chi connectivity index (χ2v) is 7.80. The molecule has 6 heteroatoms. The number of hydrogen-bond donors (Lipinski definition) is 1. The first-order chi connectivity index (χ1) is 9.80. The number of amides is 1. The van der Waals surface area contributed by atoms with Gasteiger partial charge in [-0.25, -0.2) is 0 Å². The highest BCUT2D eigenvalue weighted by Gasteiger charge is 2.31. The molecule has 0 radical (unpaired) electrons. The number of rotatable bonds is 4. The lowest BCUT2D eigenvalue weighted by Gasteiger charge is -2.30. The van der Waals surface area contributed by atoms with E-state index in [0.29, 0.717) is 10.9 Å². The maximum Gasteiger partial charge on any atom is 0.267 e. The minimum absolute atomic E-state index is 0.0682. The minimum Gasteiger partial charge on any atom is -0.334 e. The lowest BCUT2D eigenvalue weighted by Crippen LogP contribution is -2.45. The van der Waals surface area contributed by atoms with E-state index >= 15 is 0 Å². The van der Waals surface area contributed by atoms with Gasteiger partial charge in [-0.2, -0.15) is 0 Å². The zero-order chi connectivity index (χ0) is 15.6. The predicted molar refractivity (Wildman–Crippen MR) is 85.8 cm³/mol. The van der Waals surface area contributed by atoms with Crippen LogP contribution in [-0.2, 0) is 5.41 Å². The minimum atomic E-state index is -0.160. The zero-order valence-corrected chi connectivity index (χ0v) is 14.5. The molecule has 5 nitrogen and oxygen atoms in total. The standard InChI is InChI=1S/C15H26N4OS/c1-10(2)19(9-11-7-6-8-16-11)14(20)12-13(15(3,4)5)17-18-21-12/h10-11,16H,6-9H2,1-5H3. The molecular formula is C15H26N4OS. The van der Waals surface area contributed by atoms with Crippen LogP contribution in [0.1, 0.15) is 62.8 Å². The van der Waals surface area contributed by atoms with Gasteiger partial charge in [-0.3, -0.25) is 4.79 Å². The lowest BCUT2D eigenvalue weighted by atomic mass is 9.91. The van der Waals surface area contributed by atoms with Gasteiger partial charge in [-0.05, 0) is 44.8 Å². The van der Waals surface area contributed by atoms with Gasteiger partial charge in [0, 0.05) is 24.0 Å². The first-order valence-electron chi connectivity index (χ1n) is 7.68. The number of aromatic nitrogens is 2. The van der Waals surface area contributed by atoms with Gasteiger partial charge in [0.15, 0.2) is 0 Å². The average Bonchev–Trinajstić information content (AvgIpc) is 3.04. The van der Waals surface area contributed by atoms with E-state index in [-0.39, 0.29) is 17.4 Å². The number of hydrogen-bond acceptors (Lipinski definition) is 5. The number of nitrogens with zero attached hydrogens (tertiary/aromatic N) is 3. The molecule has 1 aliphatic heterocycles. The van der Waals surface area contributed by atoms with Crippen LogP contribution in [0.3, 0.4) is 0 Å². The number of nitrogens with one attached hydrogen (secondary N) is 1. The summed E-state index contributed by atoms with van der Waals surface area (Å²) in [5.74, 6) is 0.0682. The molecule has 0 aromatic carbocycles. The Morgan fingerprint density at radius 1 is 1.48 bits per heavy atom. The van der Waals surface area contributed by atoms with Crippen LogP contribution in [0.25, 0.3) is 0 Å². The van der Waals surface area contributed by atoms with Crippen LogP contribution in [0.4, 0.5) is 0 Å². The van der Waals surface area contributed by atoms with Crippen molar-refractivity contribution in [1.82, 2.24) is 19.8 Å². The quantitative estimate of drug-likeness (QED) is 0.928. The third-order valence-corrected chi connectivity index (χ3v) is 4.57. The Labute approximate surface area is 131 Å². The maximum atomic E-state index is 12.9. The van der Waals surface area contributed by atoms with Crippen molar-refractivity contribution in [3.63, 3.8) is 0 Å². The molecule has 1 aromatic heterocycles. The summed E-state index contributed by atoms with van der Waals surface area (Å²) in [4.78, 5) is 15.6. The number of carbonyl (C=O) groups is 1. The molecule has 1 saturated heterocycles. The van der Waals surface area contributed by atoms with Crippen LogP contribution >= 0.6 is 11.5 Å². The van der Waals surface area contributed by atoms with E-state index in [4.69, 9.17) is 0 Å². The molecule has 21 heavy (non-hydrogen) atoms. The first kappa shape index (κ1) is 16.4. The number of carbonyl (C=O) groups excluding carboxylic acids is 1. The van der Waals surface area contributed by atoms with Crippen molar-refractivity contribution in [2.24, 2.45) is 0 Å². The SMILES string of the molecule is CC(C)N(CC1CCCN1)C(=O)c1snnc1C(C)(C)C. The fraction of sp³-hybridized carbons (Fsp3) is 0.800. The molecule has 1 amide bonds. The summed E-state index contributed by atoms with van der Waals surface area (Å²) in [5, 5.41) is 7.65. The van der Waals surface area contributed by atoms with Gasteiger partial charge >= 0.3 is 0 Å². The molecule has 1 N–H and O–H groups in total. The Bertz CT molecular complexity index is 486. The largest absolute Gasteiger partial charge is 0.334 e. The molecule has 1 unspecified atom stereocenters. The predicted octanol–water partition coefficient (Wildman–Crippen LogP) is 2.44. The smallest absolute Gasteiger partial charge is 0.267 e. The van der Waals surface area contributed by atoms with Crippen LogP contribution in [0.15, 0.2) is 0 Å². The summed E-state index contributed by atoms with van der Waals surface area (Å²) in [6, 6.07) is 0.588. The van der Waals surface area contributed by atoms with E-state index in [1.54, 1.807) is 0 Å². The molecule has 1 atom stereocenters. The highest BCUT2D eigenvalue weighted by Crippen LogP contribution is 2.27. The summed E-state index contributed by atoms with van der Waals surface area (Å²) in [6.07, 6.45) is 2.34. The summed E-state index contributed by atoms with van der Waals surface area (Å²) in [5.41, 5.74) is 0.647. The Hall–Kier alpha value is -1.01. The highest BCUT2D eigenvalue weighted by atomic mass is 32.1. The lowest BCUT2D eigenvalue weighted by molar-refractivity contribution is 0.0691. The third-order valence-electron chi connectivity index (χ3n) is 3.86. The van der Waals surface area contributed by atoms with Gasteiger partial charge in [0.2, 0.25) is 0 Å². The molecule has 0 bridgehead atoms. The van der Waals surface area contributed by atoms with E-state index in [1.807, 2.05) is 4.90 Å². The molecule has 1 fully saturated rings. The molecular weight excluding hydrogens is 284 g/mol. The summed E-state index contributed by atoms with van der Waals surface area (Å²) in [6.45, 7) is 12.2. The maximum absolute atomic E-state index is 12.9. The Kier molecular flexibility index (Phi) is 4.99. The topological polar surface area (TPSA) is 58.1 Å². The van der Waals surface area contributed by atoms with Gasteiger partial charge in [0.1, 0.15) is 4.88 Å². The summed E-state index contributed by atoms with van der Waals surface area (Å²) < 4.78 is 4.01. The average molecular weight is 310 g/mol. The first-order valence-corrected chi connectivity index (χ1v) is 8.45. The van der Waals surface area contributed by atoms with Crippen molar-refractivity contribution in [3.05, 3.63) is 10.6 Å². The van der Waals surface area contributed by atoms with E-state index in [2.05, 4.69) is 49.5 Å². The highest BCUT2D eigenvalue weighted by molar-refractivity contribution is 7.08. The van der Waals surface area contributed by atoms with Crippen molar-refractivity contribution < 1.29 is 4.79 Å². The van der Waals surface area contributed by atoms with Gasteiger partial charge in [0.05, 0.1) is 5.69 Å². The Morgan fingerprint density at radius 2 is 2.19 bits per heavy atom. The molecule has 2 rings (SSSR count). The van der Waals surface area contributed by atoms with E-state index in [9.17, 15) is 4.79 Å². The summed E-state index contributed by atoms with van der Waals surface area (Å²) in [7, 11) is 0. The second kappa shape index (κ2) is 6.40. The van der Waals surface area contributed by atoms with E-state index in [1.165, 1.54) is 18.0 Å². The molecule has 2 heterocycles. The molecule has 1 aliphatic rings. The Balaban J connectivity index is 2.20. The molecule has 118 valence electrons. The van der Waals surface area contributed by atoms with Crippen molar-refractivity contribution in [2.75, 3.05) is 13.1 Å². The monoisotopic (exact) mass is 310 g/mol. The zero-order valence-electron chi connectivity index (χ0n) is 13.6. The normalized spacial score (nSPS) is 19.2.